The normalized spacial score (nSPS) is 14.6. The number of aromatic carboxylic acids is 1. The number of rotatable bonds is 9. The number of fused-ring (bicyclic) bond motifs is 1. The van der Waals surface area contributed by atoms with E-state index in [0.717, 1.165) is 18.7 Å². The van der Waals surface area contributed by atoms with E-state index in [9.17, 15) is 23.1 Å². The number of carboxylic acids is 1. The van der Waals surface area contributed by atoms with Crippen LogP contribution in [0.15, 0.2) is 54.7 Å². The van der Waals surface area contributed by atoms with Crippen molar-refractivity contribution in [3.8, 4) is 17.3 Å². The van der Waals surface area contributed by atoms with E-state index in [1.807, 2.05) is 0 Å². The van der Waals surface area contributed by atoms with Gasteiger partial charge >= 0.3 is 5.97 Å². The summed E-state index contributed by atoms with van der Waals surface area (Å²) < 4.78 is 69.3. The highest BCUT2D eigenvalue weighted by Crippen LogP contribution is 2.26. The molecule has 13 heteroatoms. The lowest BCUT2D eigenvalue weighted by Gasteiger charge is -2.27. The van der Waals surface area contributed by atoms with E-state index in [2.05, 4.69) is 19.9 Å². The lowest BCUT2D eigenvalue weighted by atomic mass is 10.1. The third-order valence-corrected chi connectivity index (χ3v) is 6.82. The van der Waals surface area contributed by atoms with Crippen LogP contribution in [-0.2, 0) is 24.3 Å². The average molecular weight is 580 g/mol. The summed E-state index contributed by atoms with van der Waals surface area (Å²) in [5.74, 6) is -4.33. The Labute approximate surface area is 235 Å². The minimum Gasteiger partial charge on any atom is -0.477 e. The summed E-state index contributed by atoms with van der Waals surface area (Å²) in [4.78, 5) is 28.2. The fourth-order valence-corrected chi connectivity index (χ4v) is 4.50. The number of pyridine rings is 1. The van der Waals surface area contributed by atoms with E-state index in [1.54, 1.807) is 16.7 Å². The molecule has 0 aliphatic carbocycles. The second-order valence-corrected chi connectivity index (χ2v) is 9.62. The number of imidazole rings is 1. The van der Waals surface area contributed by atoms with Gasteiger partial charge in [0.15, 0.2) is 17.2 Å². The molecule has 1 unspecified atom stereocenters. The Morgan fingerprint density at radius 3 is 2.48 bits per heavy atom. The van der Waals surface area contributed by atoms with Gasteiger partial charge in [-0.2, -0.15) is 9.37 Å². The molecule has 3 aromatic heterocycles. The second kappa shape index (κ2) is 11.2. The number of aromatic nitrogens is 5. The molecule has 1 atom stereocenters. The largest absolute Gasteiger partial charge is 0.477 e. The molecule has 1 N–H and O–H groups in total. The summed E-state index contributed by atoms with van der Waals surface area (Å²) >= 11 is 0. The third-order valence-electron chi connectivity index (χ3n) is 6.82. The van der Waals surface area contributed by atoms with E-state index in [1.165, 1.54) is 24.3 Å². The highest BCUT2D eigenvalue weighted by molar-refractivity contribution is 5.88. The Morgan fingerprint density at radius 1 is 0.976 bits per heavy atom. The van der Waals surface area contributed by atoms with Crippen molar-refractivity contribution < 1.29 is 36.9 Å². The molecule has 1 fully saturated rings. The van der Waals surface area contributed by atoms with Crippen molar-refractivity contribution in [1.29, 1.82) is 0 Å². The van der Waals surface area contributed by atoms with Gasteiger partial charge in [0.25, 0.3) is 5.88 Å². The van der Waals surface area contributed by atoms with E-state index >= 15 is 4.39 Å². The van der Waals surface area contributed by atoms with Crippen LogP contribution in [0.25, 0.3) is 22.6 Å². The zero-order valence-corrected chi connectivity index (χ0v) is 21.7. The van der Waals surface area contributed by atoms with Crippen LogP contribution in [0.2, 0.25) is 0 Å². The molecule has 214 valence electrons. The summed E-state index contributed by atoms with van der Waals surface area (Å²) in [6.07, 6.45) is 1.66. The van der Waals surface area contributed by atoms with Gasteiger partial charge in [0.1, 0.15) is 35.4 Å². The molecule has 0 saturated carbocycles. The fourth-order valence-electron chi connectivity index (χ4n) is 4.50. The fraction of sp³-hybridized carbons (Fsp3) is 0.207. The summed E-state index contributed by atoms with van der Waals surface area (Å²) in [7, 11) is 0. The second-order valence-electron chi connectivity index (χ2n) is 9.62. The zero-order valence-electron chi connectivity index (χ0n) is 21.7. The zero-order chi connectivity index (χ0) is 29.4. The number of halogens is 4. The third kappa shape index (κ3) is 5.50. The topological polar surface area (TPSA) is 112 Å². The van der Waals surface area contributed by atoms with Gasteiger partial charge in [-0.25, -0.2) is 32.9 Å². The van der Waals surface area contributed by atoms with Crippen LogP contribution in [0.1, 0.15) is 33.9 Å². The van der Waals surface area contributed by atoms with Gasteiger partial charge in [-0.15, -0.1) is 0 Å². The van der Waals surface area contributed by atoms with Crippen LogP contribution in [0.5, 0.6) is 5.88 Å². The molecule has 0 amide bonds. The minimum atomic E-state index is -1.17. The van der Waals surface area contributed by atoms with E-state index < -0.39 is 41.7 Å². The molecule has 2 aromatic carbocycles. The lowest BCUT2D eigenvalue weighted by molar-refractivity contribution is -0.0590. The number of carboxylic acid groups (broad SMARTS) is 1. The first-order valence-electron chi connectivity index (χ1n) is 12.8. The van der Waals surface area contributed by atoms with Gasteiger partial charge in [0, 0.05) is 30.2 Å². The molecule has 0 bridgehead atoms. The van der Waals surface area contributed by atoms with Crippen LogP contribution in [-0.4, -0.2) is 48.3 Å². The number of ether oxygens (including phenoxy) is 2. The lowest BCUT2D eigenvalue weighted by Crippen LogP contribution is -2.32. The highest BCUT2D eigenvalue weighted by atomic mass is 19.1. The Bertz CT molecular complexity index is 1830. The van der Waals surface area contributed by atoms with Crippen molar-refractivity contribution in [3.05, 3.63) is 101 Å². The summed E-state index contributed by atoms with van der Waals surface area (Å²) in [5, 5.41) is 9.37. The van der Waals surface area contributed by atoms with Gasteiger partial charge in [-0.05, 0) is 42.3 Å². The van der Waals surface area contributed by atoms with Crippen molar-refractivity contribution in [2.24, 2.45) is 0 Å². The van der Waals surface area contributed by atoms with Crippen molar-refractivity contribution >= 4 is 17.1 Å². The molecule has 0 radical (unpaired) electrons. The highest BCUT2D eigenvalue weighted by Gasteiger charge is 2.24. The summed E-state index contributed by atoms with van der Waals surface area (Å²) in [5.41, 5.74) is 1.22. The molecular formula is C29H21F4N5O4. The standard InChI is InChI=1S/C29H21F4N5O4/c30-18-4-3-17(21(32)11-18)14-42-28-22(33)12-34-26(37-28)16-2-1-15(20(31)9-16)10-25-35-23-5-6-24(29(39)40)36-27(23)38(25)13-19-7-8-41-19/h1-6,9,11-12,19H,7-8,10,13-14H2,(H,39,40). The monoisotopic (exact) mass is 579 g/mol. The Balaban J connectivity index is 1.25. The molecular weight excluding hydrogens is 558 g/mol. The van der Waals surface area contributed by atoms with Crippen LogP contribution in [0, 0.1) is 23.3 Å². The van der Waals surface area contributed by atoms with Gasteiger partial charge in [-0.3, -0.25) is 0 Å². The molecule has 4 heterocycles. The number of carbonyl (C=O) groups is 1. The molecule has 1 saturated heterocycles. The first-order chi connectivity index (χ1) is 20.2. The van der Waals surface area contributed by atoms with Crippen molar-refractivity contribution in [3.63, 3.8) is 0 Å². The Kier molecular flexibility index (Phi) is 7.25. The Morgan fingerprint density at radius 2 is 1.76 bits per heavy atom. The quantitative estimate of drug-likeness (QED) is 0.240. The van der Waals surface area contributed by atoms with Gasteiger partial charge in [-0.1, -0.05) is 12.1 Å². The molecule has 9 nitrogen and oxygen atoms in total. The maximum absolute atomic E-state index is 15.4. The van der Waals surface area contributed by atoms with E-state index in [-0.39, 0.29) is 40.7 Å². The van der Waals surface area contributed by atoms with Crippen molar-refractivity contribution in [2.75, 3.05) is 6.61 Å². The molecule has 1 aliphatic heterocycles. The summed E-state index contributed by atoms with van der Waals surface area (Å²) in [6.45, 7) is 0.593. The molecule has 5 aromatic rings. The smallest absolute Gasteiger partial charge is 0.354 e. The average Bonchev–Trinajstić information content (AvgIpc) is 3.28. The maximum atomic E-state index is 15.4. The van der Waals surface area contributed by atoms with Crippen LogP contribution in [0.3, 0.4) is 0 Å². The van der Waals surface area contributed by atoms with Crippen LogP contribution in [0.4, 0.5) is 17.6 Å². The number of benzene rings is 2. The Hall–Kier alpha value is -4.91. The SMILES string of the molecule is O=C(O)c1ccc2nc(Cc3ccc(-c4ncc(F)c(OCc5ccc(F)cc5F)n4)cc3F)n(CC3CCO3)c2n1. The van der Waals surface area contributed by atoms with E-state index in [0.29, 0.717) is 36.2 Å². The first kappa shape index (κ1) is 27.3. The predicted octanol–water partition coefficient (Wildman–Crippen LogP) is 5.10. The molecule has 0 spiro atoms. The number of hydrogen-bond acceptors (Lipinski definition) is 7. The van der Waals surface area contributed by atoms with Crippen LogP contribution >= 0.6 is 0 Å². The van der Waals surface area contributed by atoms with E-state index in [4.69, 9.17) is 9.47 Å². The van der Waals surface area contributed by atoms with Crippen LogP contribution < -0.4 is 4.74 Å². The number of hydrogen-bond donors (Lipinski definition) is 1. The first-order valence-corrected chi connectivity index (χ1v) is 12.8. The molecule has 1 aliphatic rings. The molecule has 6 rings (SSSR count). The van der Waals surface area contributed by atoms with Crippen molar-refractivity contribution in [2.45, 2.75) is 32.1 Å². The summed E-state index contributed by atoms with van der Waals surface area (Å²) in [6, 6.07) is 10.1. The van der Waals surface area contributed by atoms with Gasteiger partial charge in [0.2, 0.25) is 5.82 Å². The maximum Gasteiger partial charge on any atom is 0.354 e. The van der Waals surface area contributed by atoms with Gasteiger partial charge < -0.3 is 19.1 Å². The molecule has 42 heavy (non-hydrogen) atoms. The van der Waals surface area contributed by atoms with Crippen molar-refractivity contribution in [1.82, 2.24) is 24.5 Å². The predicted molar refractivity (Wildman–Crippen MR) is 140 cm³/mol. The van der Waals surface area contributed by atoms with Gasteiger partial charge in [0.05, 0.1) is 18.8 Å². The minimum absolute atomic E-state index is 0.00404. The number of nitrogens with zero attached hydrogens (tertiary/aromatic N) is 5.